The van der Waals surface area contributed by atoms with E-state index >= 15 is 0 Å². The molecule has 0 radical (unpaired) electrons. The van der Waals surface area contributed by atoms with Gasteiger partial charge in [-0.3, -0.25) is 14.9 Å². The summed E-state index contributed by atoms with van der Waals surface area (Å²) in [6.07, 6.45) is 0. The van der Waals surface area contributed by atoms with Gasteiger partial charge in [0.25, 0.3) is 11.6 Å². The van der Waals surface area contributed by atoms with Gasteiger partial charge in [-0.2, -0.15) is 0 Å². The second-order valence-corrected chi connectivity index (χ2v) is 5.52. The van der Waals surface area contributed by atoms with Gasteiger partial charge in [0, 0.05) is 31.4 Å². The highest BCUT2D eigenvalue weighted by Crippen LogP contribution is 2.28. The highest BCUT2D eigenvalue weighted by atomic mass is 35.5. The van der Waals surface area contributed by atoms with Gasteiger partial charge in [-0.25, -0.2) is 0 Å². The van der Waals surface area contributed by atoms with Crippen molar-refractivity contribution in [3.05, 3.63) is 55.8 Å². The van der Waals surface area contributed by atoms with E-state index in [0.717, 1.165) is 5.69 Å². The molecule has 7 nitrogen and oxygen atoms in total. The summed E-state index contributed by atoms with van der Waals surface area (Å²) < 4.78 is 1.68. The van der Waals surface area contributed by atoms with Crippen LogP contribution in [0.3, 0.4) is 0 Å². The third kappa shape index (κ3) is 3.57. The van der Waals surface area contributed by atoms with E-state index in [4.69, 9.17) is 23.2 Å². The highest BCUT2D eigenvalue weighted by Gasteiger charge is 2.18. The van der Waals surface area contributed by atoms with Crippen LogP contribution >= 0.6 is 23.2 Å². The zero-order chi connectivity index (χ0) is 17.1. The van der Waals surface area contributed by atoms with Crippen LogP contribution in [0.1, 0.15) is 16.1 Å². The van der Waals surface area contributed by atoms with Gasteiger partial charge in [-0.05, 0) is 18.2 Å². The lowest BCUT2D eigenvalue weighted by Crippen LogP contribution is -2.18. The van der Waals surface area contributed by atoms with Crippen molar-refractivity contribution in [3.8, 4) is 0 Å². The van der Waals surface area contributed by atoms with Crippen molar-refractivity contribution in [1.29, 1.82) is 0 Å². The summed E-state index contributed by atoms with van der Waals surface area (Å²) in [7, 11) is 3.21. The van der Waals surface area contributed by atoms with Crippen LogP contribution in [-0.4, -0.2) is 22.4 Å². The molecule has 0 fully saturated rings. The number of rotatable bonds is 5. The molecule has 0 aliphatic carbocycles. The van der Waals surface area contributed by atoms with E-state index in [1.165, 1.54) is 25.2 Å². The van der Waals surface area contributed by atoms with Crippen LogP contribution in [-0.2, 0) is 13.6 Å². The summed E-state index contributed by atoms with van der Waals surface area (Å²) in [5.41, 5.74) is 1.10. The van der Waals surface area contributed by atoms with E-state index in [9.17, 15) is 14.9 Å². The number of hydrogen-bond acceptors (Lipinski definition) is 4. The Hall–Kier alpha value is -2.25. The first-order chi connectivity index (χ1) is 10.8. The fourth-order valence-electron chi connectivity index (χ4n) is 2.06. The van der Waals surface area contributed by atoms with E-state index in [-0.39, 0.29) is 17.2 Å². The fraction of sp³-hybridized carbons (Fsp3) is 0.214. The minimum Gasteiger partial charge on any atom is -0.374 e. The Kier molecular flexibility index (Phi) is 5.12. The van der Waals surface area contributed by atoms with Gasteiger partial charge in [0.1, 0.15) is 10.8 Å². The maximum absolute atomic E-state index is 11.6. The number of nitro benzene ring substituents is 1. The summed E-state index contributed by atoms with van der Waals surface area (Å²) >= 11 is 11.9. The lowest BCUT2D eigenvalue weighted by Gasteiger charge is -2.09. The molecule has 1 aromatic carbocycles. The van der Waals surface area contributed by atoms with Crippen molar-refractivity contribution < 1.29 is 9.72 Å². The highest BCUT2D eigenvalue weighted by molar-refractivity contribution is 6.41. The smallest absolute Gasteiger partial charge is 0.293 e. The summed E-state index contributed by atoms with van der Waals surface area (Å²) in [4.78, 5) is 22.2. The van der Waals surface area contributed by atoms with Crippen molar-refractivity contribution in [2.45, 2.75) is 6.54 Å². The molecule has 122 valence electrons. The quantitative estimate of drug-likeness (QED) is 0.635. The number of halogens is 2. The van der Waals surface area contributed by atoms with Crippen molar-refractivity contribution in [3.63, 3.8) is 0 Å². The van der Waals surface area contributed by atoms with Crippen LogP contribution in [0, 0.1) is 10.1 Å². The van der Waals surface area contributed by atoms with Crippen LogP contribution in [0.2, 0.25) is 10.2 Å². The lowest BCUT2D eigenvalue weighted by atomic mass is 10.1. The molecule has 1 amide bonds. The van der Waals surface area contributed by atoms with Crippen molar-refractivity contribution >= 4 is 40.5 Å². The van der Waals surface area contributed by atoms with Crippen LogP contribution < -0.4 is 10.6 Å². The first-order valence-electron chi connectivity index (χ1n) is 6.59. The minimum atomic E-state index is -0.542. The van der Waals surface area contributed by atoms with Crippen molar-refractivity contribution in [2.24, 2.45) is 7.05 Å². The molecule has 0 spiro atoms. The molecule has 0 unspecified atom stereocenters. The SMILES string of the molecule is CNC(=O)c1ccc(NCc2cc(Cl)c(Cl)n2C)c([N+](=O)[O-])c1. The predicted octanol–water partition coefficient (Wildman–Crippen LogP) is 3.21. The summed E-state index contributed by atoms with van der Waals surface area (Å²) in [5, 5.41) is 17.4. The number of carbonyl (C=O) groups excluding carboxylic acids is 1. The van der Waals surface area contributed by atoms with Crippen molar-refractivity contribution in [1.82, 2.24) is 9.88 Å². The van der Waals surface area contributed by atoms with E-state index in [0.29, 0.717) is 22.4 Å². The van der Waals surface area contributed by atoms with Crippen LogP contribution in [0.5, 0.6) is 0 Å². The largest absolute Gasteiger partial charge is 0.374 e. The Morgan fingerprint density at radius 3 is 2.57 bits per heavy atom. The molecular weight excluding hydrogens is 343 g/mol. The van der Waals surface area contributed by atoms with Gasteiger partial charge in [0.05, 0.1) is 16.5 Å². The van der Waals surface area contributed by atoms with Gasteiger partial charge in [0.15, 0.2) is 0 Å². The lowest BCUT2D eigenvalue weighted by molar-refractivity contribution is -0.384. The predicted molar refractivity (Wildman–Crippen MR) is 89.2 cm³/mol. The van der Waals surface area contributed by atoms with Gasteiger partial charge < -0.3 is 15.2 Å². The zero-order valence-electron chi connectivity index (χ0n) is 12.4. The number of carbonyl (C=O) groups is 1. The summed E-state index contributed by atoms with van der Waals surface area (Å²) in [6.45, 7) is 0.295. The number of anilines is 1. The molecule has 0 aliphatic rings. The number of aromatic nitrogens is 1. The molecule has 1 aromatic heterocycles. The fourth-order valence-corrected chi connectivity index (χ4v) is 2.48. The Bertz CT molecular complexity index is 774. The maximum atomic E-state index is 11.6. The number of amides is 1. The standard InChI is InChI=1S/C14H14Cl2N4O3/c1-17-14(21)8-3-4-11(12(5-8)20(22)23)18-7-9-6-10(15)13(16)19(9)2/h3-6,18H,7H2,1-2H3,(H,17,21). The molecule has 0 saturated heterocycles. The second-order valence-electron chi connectivity index (χ2n) is 4.76. The number of nitrogens with one attached hydrogen (secondary N) is 2. The second kappa shape index (κ2) is 6.89. The Morgan fingerprint density at radius 2 is 2.04 bits per heavy atom. The van der Waals surface area contributed by atoms with Gasteiger partial charge in [0.2, 0.25) is 0 Å². The summed E-state index contributed by atoms with van der Waals surface area (Å²) in [6, 6.07) is 5.92. The van der Waals surface area contributed by atoms with E-state index in [2.05, 4.69) is 10.6 Å². The molecule has 9 heteroatoms. The van der Waals surface area contributed by atoms with Gasteiger partial charge >= 0.3 is 0 Å². The molecule has 2 aromatic rings. The number of hydrogen-bond donors (Lipinski definition) is 2. The van der Waals surface area contributed by atoms with Gasteiger partial charge in [-0.1, -0.05) is 23.2 Å². The molecule has 0 aliphatic heterocycles. The molecule has 2 rings (SSSR count). The monoisotopic (exact) mass is 356 g/mol. The van der Waals surface area contributed by atoms with Gasteiger partial charge in [-0.15, -0.1) is 0 Å². The minimum absolute atomic E-state index is 0.183. The third-order valence-corrected chi connectivity index (χ3v) is 4.20. The first-order valence-corrected chi connectivity index (χ1v) is 7.34. The molecule has 0 saturated carbocycles. The molecule has 2 N–H and O–H groups in total. The molecule has 0 atom stereocenters. The first kappa shape index (κ1) is 17.1. The Balaban J connectivity index is 2.27. The molecule has 1 heterocycles. The van der Waals surface area contributed by atoms with E-state index in [1.54, 1.807) is 17.7 Å². The molecular formula is C14H14Cl2N4O3. The normalized spacial score (nSPS) is 10.4. The van der Waals surface area contributed by atoms with Crippen LogP contribution in [0.15, 0.2) is 24.3 Å². The van der Waals surface area contributed by atoms with Crippen LogP contribution in [0.25, 0.3) is 0 Å². The van der Waals surface area contributed by atoms with E-state index < -0.39 is 4.92 Å². The van der Waals surface area contributed by atoms with Crippen molar-refractivity contribution in [2.75, 3.05) is 12.4 Å². The Labute approximate surface area is 142 Å². The zero-order valence-corrected chi connectivity index (χ0v) is 13.9. The Morgan fingerprint density at radius 1 is 1.35 bits per heavy atom. The number of nitrogens with zero attached hydrogens (tertiary/aromatic N) is 2. The average molecular weight is 357 g/mol. The maximum Gasteiger partial charge on any atom is 0.293 e. The average Bonchev–Trinajstić information content (AvgIpc) is 2.79. The van der Waals surface area contributed by atoms with Crippen LogP contribution in [0.4, 0.5) is 11.4 Å². The van der Waals surface area contributed by atoms with E-state index in [1.807, 2.05) is 0 Å². The summed E-state index contributed by atoms with van der Waals surface area (Å²) in [5.74, 6) is -0.388. The molecule has 23 heavy (non-hydrogen) atoms. The number of benzene rings is 1. The topological polar surface area (TPSA) is 89.2 Å². The third-order valence-electron chi connectivity index (χ3n) is 3.36. The molecule has 0 bridgehead atoms. The number of nitro groups is 1.